The minimum Gasteiger partial charge on any atom is -0.399 e. The quantitative estimate of drug-likeness (QED) is 0.669. The topological polar surface area (TPSA) is 29.3 Å². The van der Waals surface area contributed by atoms with Gasteiger partial charge in [0.05, 0.1) is 0 Å². The highest BCUT2D eigenvalue weighted by Gasteiger charge is 2.15. The first-order valence-corrected chi connectivity index (χ1v) is 7.95. The summed E-state index contributed by atoms with van der Waals surface area (Å²) in [5.74, 6) is 0. The van der Waals surface area contributed by atoms with Crippen LogP contribution >= 0.6 is 0 Å². The van der Waals surface area contributed by atoms with E-state index >= 15 is 0 Å². The van der Waals surface area contributed by atoms with Crippen LogP contribution in [0.4, 0.5) is 5.69 Å². The van der Waals surface area contributed by atoms with Gasteiger partial charge < -0.3 is 5.73 Å². The van der Waals surface area contributed by atoms with E-state index in [1.807, 2.05) is 6.07 Å². The Morgan fingerprint density at radius 1 is 0.952 bits per heavy atom. The van der Waals surface area contributed by atoms with Crippen molar-refractivity contribution in [1.82, 2.24) is 4.90 Å². The summed E-state index contributed by atoms with van der Waals surface area (Å²) in [5.41, 5.74) is 11.1. The molecule has 1 aliphatic rings. The van der Waals surface area contributed by atoms with E-state index in [-0.39, 0.29) is 0 Å². The Hall–Kier alpha value is -1.80. The highest BCUT2D eigenvalue weighted by molar-refractivity contribution is 5.45. The minimum atomic E-state index is 0.889. The number of rotatable bonds is 5. The Morgan fingerprint density at radius 3 is 2.67 bits per heavy atom. The average Bonchev–Trinajstić information content (AvgIpc) is 2.52. The van der Waals surface area contributed by atoms with Crippen molar-refractivity contribution in [3.05, 3.63) is 65.2 Å². The van der Waals surface area contributed by atoms with Gasteiger partial charge in [-0.15, -0.1) is 0 Å². The molecule has 0 bridgehead atoms. The Balaban J connectivity index is 1.45. The Kier molecular flexibility index (Phi) is 4.56. The van der Waals surface area contributed by atoms with Crippen LogP contribution in [0.15, 0.2) is 48.5 Å². The van der Waals surface area contributed by atoms with Gasteiger partial charge in [0.25, 0.3) is 0 Å². The molecule has 0 saturated carbocycles. The van der Waals surface area contributed by atoms with E-state index in [4.69, 9.17) is 5.73 Å². The fourth-order valence-electron chi connectivity index (χ4n) is 3.14. The second-order valence-electron chi connectivity index (χ2n) is 6.00. The van der Waals surface area contributed by atoms with E-state index in [0.717, 1.165) is 18.7 Å². The molecular formula is C19H24N2. The van der Waals surface area contributed by atoms with Gasteiger partial charge in [-0.25, -0.2) is 0 Å². The summed E-state index contributed by atoms with van der Waals surface area (Å²) in [6, 6.07) is 17.1. The molecule has 0 amide bonds. The maximum Gasteiger partial charge on any atom is 0.0317 e. The van der Waals surface area contributed by atoms with Gasteiger partial charge in [-0.05, 0) is 61.1 Å². The monoisotopic (exact) mass is 280 g/mol. The van der Waals surface area contributed by atoms with Crippen molar-refractivity contribution in [2.24, 2.45) is 0 Å². The zero-order valence-electron chi connectivity index (χ0n) is 12.6. The lowest BCUT2D eigenvalue weighted by atomic mass is 9.99. The van der Waals surface area contributed by atoms with Crippen LogP contribution in [-0.2, 0) is 19.4 Å². The number of benzene rings is 2. The van der Waals surface area contributed by atoms with Crippen molar-refractivity contribution in [2.45, 2.75) is 32.2 Å². The number of aryl methyl sites for hydroxylation is 1. The number of fused-ring (bicyclic) bond motifs is 1. The minimum absolute atomic E-state index is 0.889. The molecule has 21 heavy (non-hydrogen) atoms. The molecule has 0 atom stereocenters. The van der Waals surface area contributed by atoms with Gasteiger partial charge in [0.2, 0.25) is 0 Å². The lowest BCUT2D eigenvalue weighted by Gasteiger charge is -2.28. The summed E-state index contributed by atoms with van der Waals surface area (Å²) < 4.78 is 0. The molecule has 1 heterocycles. The third kappa shape index (κ3) is 3.85. The van der Waals surface area contributed by atoms with Gasteiger partial charge in [-0.2, -0.15) is 0 Å². The molecular weight excluding hydrogens is 256 g/mol. The molecule has 0 fully saturated rings. The summed E-state index contributed by atoms with van der Waals surface area (Å²) in [4.78, 5) is 2.56. The van der Waals surface area contributed by atoms with Gasteiger partial charge in [0.1, 0.15) is 0 Å². The van der Waals surface area contributed by atoms with E-state index in [2.05, 4.69) is 47.4 Å². The van der Waals surface area contributed by atoms with Crippen LogP contribution in [0.1, 0.15) is 29.5 Å². The lowest BCUT2D eigenvalue weighted by molar-refractivity contribution is 0.249. The largest absolute Gasteiger partial charge is 0.399 e. The number of hydrogen-bond acceptors (Lipinski definition) is 2. The number of nitrogen functional groups attached to an aromatic ring is 1. The van der Waals surface area contributed by atoms with E-state index in [1.165, 1.54) is 49.0 Å². The second-order valence-corrected chi connectivity index (χ2v) is 6.00. The molecule has 0 saturated heterocycles. The van der Waals surface area contributed by atoms with Crippen molar-refractivity contribution in [3.8, 4) is 0 Å². The van der Waals surface area contributed by atoms with Crippen LogP contribution in [0.25, 0.3) is 0 Å². The maximum absolute atomic E-state index is 5.89. The zero-order chi connectivity index (χ0) is 14.5. The maximum atomic E-state index is 5.89. The van der Waals surface area contributed by atoms with E-state index < -0.39 is 0 Å². The molecule has 3 rings (SSSR count). The second kappa shape index (κ2) is 6.77. The van der Waals surface area contributed by atoms with Crippen molar-refractivity contribution in [3.63, 3.8) is 0 Å². The molecule has 2 heteroatoms. The van der Waals surface area contributed by atoms with Crippen LogP contribution in [-0.4, -0.2) is 18.0 Å². The van der Waals surface area contributed by atoms with Crippen LogP contribution < -0.4 is 5.73 Å². The molecule has 0 aliphatic carbocycles. The standard InChI is InChI=1S/C19H24N2/c20-19-10-9-17-11-13-21(15-18(17)14-19)12-5-4-8-16-6-2-1-3-7-16/h1-3,6-7,9-10,14H,4-5,8,11-13,15,20H2. The molecule has 2 aromatic rings. The van der Waals surface area contributed by atoms with Crippen LogP contribution in [0.2, 0.25) is 0 Å². The van der Waals surface area contributed by atoms with Gasteiger partial charge in [0.15, 0.2) is 0 Å². The molecule has 2 nitrogen and oxygen atoms in total. The molecule has 2 N–H and O–H groups in total. The van der Waals surface area contributed by atoms with E-state index in [1.54, 1.807) is 0 Å². The normalized spacial score (nSPS) is 14.9. The molecule has 0 unspecified atom stereocenters. The van der Waals surface area contributed by atoms with Gasteiger partial charge >= 0.3 is 0 Å². The van der Waals surface area contributed by atoms with Crippen molar-refractivity contribution in [1.29, 1.82) is 0 Å². The third-order valence-corrected chi connectivity index (χ3v) is 4.35. The predicted octanol–water partition coefficient (Wildman–Crippen LogP) is 3.65. The summed E-state index contributed by atoms with van der Waals surface area (Å²) in [7, 11) is 0. The van der Waals surface area contributed by atoms with Crippen molar-refractivity contribution < 1.29 is 0 Å². The Labute approximate surface area is 127 Å². The fraction of sp³-hybridized carbons (Fsp3) is 0.368. The molecule has 2 aromatic carbocycles. The third-order valence-electron chi connectivity index (χ3n) is 4.35. The number of hydrogen-bond donors (Lipinski definition) is 1. The summed E-state index contributed by atoms with van der Waals surface area (Å²) in [6.07, 6.45) is 4.89. The number of anilines is 1. The summed E-state index contributed by atoms with van der Waals surface area (Å²) >= 11 is 0. The first-order valence-electron chi connectivity index (χ1n) is 7.95. The van der Waals surface area contributed by atoms with Crippen LogP contribution in [0.3, 0.4) is 0 Å². The summed E-state index contributed by atoms with van der Waals surface area (Å²) in [5, 5.41) is 0. The number of nitrogens with two attached hydrogens (primary N) is 1. The van der Waals surface area contributed by atoms with Gasteiger partial charge in [-0.1, -0.05) is 36.4 Å². The average molecular weight is 280 g/mol. The molecule has 0 aromatic heterocycles. The molecule has 1 aliphatic heterocycles. The molecule has 0 radical (unpaired) electrons. The number of nitrogens with zero attached hydrogens (tertiary/aromatic N) is 1. The highest BCUT2D eigenvalue weighted by atomic mass is 15.1. The van der Waals surface area contributed by atoms with Crippen LogP contribution in [0.5, 0.6) is 0 Å². The lowest BCUT2D eigenvalue weighted by Crippen LogP contribution is -2.31. The van der Waals surface area contributed by atoms with Gasteiger partial charge in [0, 0.05) is 18.8 Å². The molecule has 0 spiro atoms. The zero-order valence-corrected chi connectivity index (χ0v) is 12.6. The Morgan fingerprint density at radius 2 is 1.81 bits per heavy atom. The first-order chi connectivity index (χ1) is 10.3. The predicted molar refractivity (Wildman–Crippen MR) is 89.2 cm³/mol. The van der Waals surface area contributed by atoms with Crippen LogP contribution in [0, 0.1) is 0 Å². The fourth-order valence-corrected chi connectivity index (χ4v) is 3.14. The van der Waals surface area contributed by atoms with E-state index in [9.17, 15) is 0 Å². The van der Waals surface area contributed by atoms with E-state index in [0.29, 0.717) is 0 Å². The SMILES string of the molecule is Nc1ccc2c(c1)CN(CCCCc1ccccc1)CC2. The number of unbranched alkanes of at least 4 members (excludes halogenated alkanes) is 1. The summed E-state index contributed by atoms with van der Waals surface area (Å²) in [6.45, 7) is 3.44. The highest BCUT2D eigenvalue weighted by Crippen LogP contribution is 2.21. The van der Waals surface area contributed by atoms with Crippen molar-refractivity contribution >= 4 is 5.69 Å². The smallest absolute Gasteiger partial charge is 0.0317 e. The van der Waals surface area contributed by atoms with Crippen molar-refractivity contribution in [2.75, 3.05) is 18.8 Å². The first kappa shape index (κ1) is 14.2. The Bertz CT molecular complexity index is 577. The van der Waals surface area contributed by atoms with Gasteiger partial charge in [-0.3, -0.25) is 4.90 Å². The molecule has 110 valence electrons.